The first kappa shape index (κ1) is 10.8. The summed E-state index contributed by atoms with van der Waals surface area (Å²) in [5.41, 5.74) is 1.88. The monoisotopic (exact) mass is 243 g/mol. The minimum atomic E-state index is 0.140. The number of fused-ring (bicyclic) bond motifs is 3. The Bertz CT molecular complexity index is 731. The molecule has 0 aliphatic heterocycles. The van der Waals surface area contributed by atoms with Gasteiger partial charge in [-0.15, -0.1) is 0 Å². The first-order valence-corrected chi connectivity index (χ1v) is 5.60. The van der Waals surface area contributed by atoms with Crippen LogP contribution in [0.5, 0.6) is 17.2 Å². The van der Waals surface area contributed by atoms with Gasteiger partial charge in [-0.05, 0) is 24.3 Å². The third-order valence-electron chi connectivity index (χ3n) is 3.11. The number of H-pyrrole nitrogens is 1. The Labute approximate surface area is 104 Å². The maximum Gasteiger partial charge on any atom is 0.170 e. The fraction of sp³-hybridized carbons (Fsp3) is 0.143. The van der Waals surface area contributed by atoms with Crippen LogP contribution >= 0.6 is 0 Å². The van der Waals surface area contributed by atoms with Gasteiger partial charge in [0.25, 0.3) is 0 Å². The molecule has 0 aliphatic rings. The number of aromatic hydroxyl groups is 1. The number of aromatic nitrogens is 1. The van der Waals surface area contributed by atoms with E-state index >= 15 is 0 Å². The normalized spacial score (nSPS) is 11.0. The topological polar surface area (TPSA) is 54.5 Å². The molecule has 4 heteroatoms. The van der Waals surface area contributed by atoms with E-state index in [9.17, 15) is 5.11 Å². The van der Waals surface area contributed by atoms with E-state index in [1.165, 1.54) is 0 Å². The molecule has 2 aromatic carbocycles. The number of methoxy groups -OCH3 is 2. The Balaban J connectivity index is 2.44. The summed E-state index contributed by atoms with van der Waals surface area (Å²) < 4.78 is 10.5. The van der Waals surface area contributed by atoms with Crippen molar-refractivity contribution in [3.63, 3.8) is 0 Å². The molecular weight excluding hydrogens is 230 g/mol. The highest BCUT2D eigenvalue weighted by molar-refractivity contribution is 6.11. The summed E-state index contributed by atoms with van der Waals surface area (Å²) in [5, 5.41) is 11.7. The van der Waals surface area contributed by atoms with E-state index in [4.69, 9.17) is 9.47 Å². The van der Waals surface area contributed by atoms with Crippen molar-refractivity contribution in [2.45, 2.75) is 0 Å². The Kier molecular flexibility index (Phi) is 2.30. The first-order valence-electron chi connectivity index (χ1n) is 5.60. The molecule has 0 spiro atoms. The van der Waals surface area contributed by atoms with E-state index in [1.54, 1.807) is 20.3 Å². The molecule has 2 N–H and O–H groups in total. The number of phenolic OH excluding ortho intramolecular Hbond substituents is 1. The molecule has 1 heterocycles. The summed E-state index contributed by atoms with van der Waals surface area (Å²) in [6.07, 6.45) is 0. The summed E-state index contributed by atoms with van der Waals surface area (Å²) in [4.78, 5) is 3.28. The van der Waals surface area contributed by atoms with Crippen molar-refractivity contribution in [1.29, 1.82) is 0 Å². The smallest absolute Gasteiger partial charge is 0.170 e. The Hall–Kier alpha value is -2.36. The number of rotatable bonds is 2. The third kappa shape index (κ3) is 1.39. The van der Waals surface area contributed by atoms with Crippen LogP contribution in [0.25, 0.3) is 21.8 Å². The minimum Gasteiger partial charge on any atom is -0.504 e. The molecule has 92 valence electrons. The predicted octanol–water partition coefficient (Wildman–Crippen LogP) is 3.04. The van der Waals surface area contributed by atoms with E-state index in [0.717, 1.165) is 27.6 Å². The number of hydrogen-bond donors (Lipinski definition) is 2. The molecule has 0 unspecified atom stereocenters. The second kappa shape index (κ2) is 3.84. The lowest BCUT2D eigenvalue weighted by Gasteiger charge is -2.04. The summed E-state index contributed by atoms with van der Waals surface area (Å²) in [7, 11) is 3.19. The zero-order valence-corrected chi connectivity index (χ0v) is 10.2. The van der Waals surface area contributed by atoms with Gasteiger partial charge in [-0.2, -0.15) is 0 Å². The maximum absolute atomic E-state index is 9.82. The number of nitrogens with one attached hydrogen (secondary N) is 1. The van der Waals surface area contributed by atoms with Crippen molar-refractivity contribution < 1.29 is 14.6 Å². The lowest BCUT2D eigenvalue weighted by Crippen LogP contribution is -1.84. The molecule has 0 saturated carbocycles. The number of ether oxygens (including phenoxy) is 2. The van der Waals surface area contributed by atoms with Crippen LogP contribution in [0.3, 0.4) is 0 Å². The van der Waals surface area contributed by atoms with E-state index in [1.807, 2.05) is 24.3 Å². The molecule has 0 amide bonds. The van der Waals surface area contributed by atoms with Gasteiger partial charge in [-0.25, -0.2) is 0 Å². The van der Waals surface area contributed by atoms with Gasteiger partial charge in [0.15, 0.2) is 11.5 Å². The van der Waals surface area contributed by atoms with Gasteiger partial charge in [-0.3, -0.25) is 0 Å². The molecule has 18 heavy (non-hydrogen) atoms. The van der Waals surface area contributed by atoms with Crippen molar-refractivity contribution in [3.05, 3.63) is 30.3 Å². The minimum absolute atomic E-state index is 0.140. The highest BCUT2D eigenvalue weighted by Crippen LogP contribution is 2.39. The molecule has 0 aliphatic carbocycles. The van der Waals surface area contributed by atoms with Crippen molar-refractivity contribution in [2.75, 3.05) is 14.2 Å². The van der Waals surface area contributed by atoms with Crippen molar-refractivity contribution in [3.8, 4) is 17.2 Å². The van der Waals surface area contributed by atoms with E-state index in [2.05, 4.69) is 4.98 Å². The summed E-state index contributed by atoms with van der Waals surface area (Å²) >= 11 is 0. The van der Waals surface area contributed by atoms with Crippen molar-refractivity contribution in [2.24, 2.45) is 0 Å². The lowest BCUT2D eigenvalue weighted by atomic mass is 10.1. The van der Waals surface area contributed by atoms with Gasteiger partial charge in [0.2, 0.25) is 0 Å². The Morgan fingerprint density at radius 3 is 2.56 bits per heavy atom. The largest absolute Gasteiger partial charge is 0.504 e. The molecular formula is C14H13NO3. The van der Waals surface area contributed by atoms with Gasteiger partial charge in [0.1, 0.15) is 5.75 Å². The molecule has 0 fully saturated rings. The predicted molar refractivity (Wildman–Crippen MR) is 70.6 cm³/mol. The fourth-order valence-corrected chi connectivity index (χ4v) is 2.27. The fourth-order valence-electron chi connectivity index (χ4n) is 2.27. The van der Waals surface area contributed by atoms with Crippen LogP contribution in [0, 0.1) is 0 Å². The van der Waals surface area contributed by atoms with Gasteiger partial charge in [0, 0.05) is 11.5 Å². The van der Waals surface area contributed by atoms with E-state index < -0.39 is 0 Å². The number of phenols is 1. The molecule has 3 aromatic rings. The Morgan fingerprint density at radius 2 is 1.83 bits per heavy atom. The van der Waals surface area contributed by atoms with Crippen LogP contribution in [-0.4, -0.2) is 24.3 Å². The highest BCUT2D eigenvalue weighted by atomic mass is 16.5. The molecule has 0 radical (unpaired) electrons. The van der Waals surface area contributed by atoms with Gasteiger partial charge >= 0.3 is 0 Å². The quantitative estimate of drug-likeness (QED) is 0.727. The number of benzene rings is 2. The average Bonchev–Trinajstić information content (AvgIpc) is 2.76. The van der Waals surface area contributed by atoms with Crippen LogP contribution in [0.2, 0.25) is 0 Å². The van der Waals surface area contributed by atoms with E-state index in [0.29, 0.717) is 5.75 Å². The third-order valence-corrected chi connectivity index (χ3v) is 3.11. The number of hydrogen-bond acceptors (Lipinski definition) is 3. The SMILES string of the molecule is COc1ccc2c(c1)[nH]c1ccc(O)c(OC)c12. The van der Waals surface area contributed by atoms with E-state index in [-0.39, 0.29) is 5.75 Å². The number of aromatic amines is 1. The van der Waals surface area contributed by atoms with Crippen LogP contribution in [0.15, 0.2) is 30.3 Å². The van der Waals surface area contributed by atoms with Gasteiger partial charge < -0.3 is 19.6 Å². The average molecular weight is 243 g/mol. The van der Waals surface area contributed by atoms with Crippen LogP contribution in [0.1, 0.15) is 0 Å². The lowest BCUT2D eigenvalue weighted by molar-refractivity contribution is 0.378. The summed E-state index contributed by atoms with van der Waals surface area (Å²) in [6, 6.07) is 9.22. The maximum atomic E-state index is 9.82. The summed E-state index contributed by atoms with van der Waals surface area (Å²) in [6.45, 7) is 0. The second-order valence-corrected chi connectivity index (χ2v) is 4.08. The van der Waals surface area contributed by atoms with Crippen LogP contribution < -0.4 is 9.47 Å². The standard InChI is InChI=1S/C14H13NO3/c1-17-8-3-4-9-11(7-8)15-10-5-6-12(16)14(18-2)13(9)10/h3-7,15-16H,1-2H3. The zero-order valence-electron chi connectivity index (χ0n) is 10.2. The molecule has 4 nitrogen and oxygen atoms in total. The van der Waals surface area contributed by atoms with Crippen LogP contribution in [-0.2, 0) is 0 Å². The molecule has 1 aromatic heterocycles. The first-order chi connectivity index (χ1) is 8.74. The highest BCUT2D eigenvalue weighted by Gasteiger charge is 2.13. The summed E-state index contributed by atoms with van der Waals surface area (Å²) in [5.74, 6) is 1.42. The van der Waals surface area contributed by atoms with Crippen molar-refractivity contribution in [1.82, 2.24) is 4.98 Å². The zero-order chi connectivity index (χ0) is 12.7. The molecule has 0 bridgehead atoms. The second-order valence-electron chi connectivity index (χ2n) is 4.08. The van der Waals surface area contributed by atoms with Crippen molar-refractivity contribution >= 4 is 21.8 Å². The molecule has 3 rings (SSSR count). The molecule has 0 atom stereocenters. The van der Waals surface area contributed by atoms with Crippen LogP contribution in [0.4, 0.5) is 0 Å². The van der Waals surface area contributed by atoms with Gasteiger partial charge in [-0.1, -0.05) is 0 Å². The molecule has 0 saturated heterocycles. The Morgan fingerprint density at radius 1 is 1.00 bits per heavy atom. The van der Waals surface area contributed by atoms with Gasteiger partial charge in [0.05, 0.1) is 30.6 Å².